The summed E-state index contributed by atoms with van der Waals surface area (Å²) in [5.41, 5.74) is 4.19. The second kappa shape index (κ2) is 11.1. The van der Waals surface area contributed by atoms with E-state index in [-0.39, 0.29) is 0 Å². The van der Waals surface area contributed by atoms with Gasteiger partial charge in [-0.05, 0) is 71.9 Å². The second-order valence-corrected chi connectivity index (χ2v) is 9.85. The fourth-order valence-electron chi connectivity index (χ4n) is 5.59. The number of hydrogen-bond donors (Lipinski definition) is 1. The number of nitrogens with one attached hydrogen (secondary N) is 1. The van der Waals surface area contributed by atoms with E-state index in [4.69, 9.17) is 4.74 Å². The van der Waals surface area contributed by atoms with Gasteiger partial charge >= 0.3 is 0 Å². The number of hydrogen-bond acceptors (Lipinski definition) is 3. The zero-order valence-corrected chi connectivity index (χ0v) is 20.9. The molecule has 1 aliphatic rings. The summed E-state index contributed by atoms with van der Waals surface area (Å²) in [6.45, 7) is 6.54. The average molecular weight is 465 g/mol. The van der Waals surface area contributed by atoms with Crippen molar-refractivity contribution < 1.29 is 4.74 Å². The molecule has 0 aliphatic carbocycles. The number of likely N-dealkylation sites (tertiary alicyclic amines) is 1. The molecule has 3 nitrogen and oxygen atoms in total. The van der Waals surface area contributed by atoms with Crippen molar-refractivity contribution in [3.05, 3.63) is 114 Å². The van der Waals surface area contributed by atoms with Gasteiger partial charge in [0, 0.05) is 25.0 Å². The van der Waals surface area contributed by atoms with Crippen LogP contribution in [0.5, 0.6) is 5.75 Å². The Kier molecular flexibility index (Phi) is 7.46. The molecule has 0 aromatic heterocycles. The maximum Gasteiger partial charge on any atom is 0.118 e. The van der Waals surface area contributed by atoms with E-state index >= 15 is 0 Å². The minimum absolute atomic E-state index is 0.315. The first-order valence-electron chi connectivity index (χ1n) is 12.8. The fraction of sp³-hybridized carbons (Fsp3) is 0.312. The van der Waals surface area contributed by atoms with Gasteiger partial charge in [-0.1, -0.05) is 84.9 Å². The highest BCUT2D eigenvalue weighted by atomic mass is 16.5. The Balaban J connectivity index is 1.28. The number of ether oxygens (including phenoxy) is 1. The maximum atomic E-state index is 5.33. The van der Waals surface area contributed by atoms with Crippen LogP contribution < -0.4 is 10.1 Å². The lowest BCUT2D eigenvalue weighted by molar-refractivity contribution is 0.148. The van der Waals surface area contributed by atoms with Crippen LogP contribution >= 0.6 is 0 Å². The van der Waals surface area contributed by atoms with Gasteiger partial charge in [0.05, 0.1) is 7.11 Å². The number of methoxy groups -OCH3 is 1. The summed E-state index contributed by atoms with van der Waals surface area (Å²) in [5, 5.41) is 6.57. The Morgan fingerprint density at radius 1 is 0.886 bits per heavy atom. The minimum Gasteiger partial charge on any atom is -0.497 e. The number of fused-ring (bicyclic) bond motifs is 1. The molecule has 180 valence electrons. The number of rotatable bonds is 8. The van der Waals surface area contributed by atoms with Crippen LogP contribution in [0, 0.1) is 5.92 Å². The molecule has 0 bridgehead atoms. The quantitative estimate of drug-likeness (QED) is 0.310. The lowest BCUT2D eigenvalue weighted by atomic mass is 9.80. The summed E-state index contributed by atoms with van der Waals surface area (Å²) >= 11 is 0. The molecule has 1 aliphatic heterocycles. The van der Waals surface area contributed by atoms with E-state index in [9.17, 15) is 0 Å². The van der Waals surface area contributed by atoms with Crippen LogP contribution in [0.3, 0.4) is 0 Å². The molecule has 1 saturated heterocycles. The molecule has 4 aromatic carbocycles. The van der Waals surface area contributed by atoms with Gasteiger partial charge in [-0.15, -0.1) is 0 Å². The van der Waals surface area contributed by atoms with Crippen molar-refractivity contribution in [1.82, 2.24) is 10.2 Å². The van der Waals surface area contributed by atoms with E-state index in [0.717, 1.165) is 31.9 Å². The van der Waals surface area contributed by atoms with Crippen LogP contribution in [-0.4, -0.2) is 31.6 Å². The SMILES string of the molecule is COc1ccc(CN2CCC(CNC(C)c3cccc4ccccc34)C(c3ccccc3)C2)cc1. The molecule has 1 heterocycles. The lowest BCUT2D eigenvalue weighted by Gasteiger charge is -2.39. The van der Waals surface area contributed by atoms with Crippen molar-refractivity contribution in [2.24, 2.45) is 5.92 Å². The molecule has 0 spiro atoms. The lowest BCUT2D eigenvalue weighted by Crippen LogP contribution is -2.42. The zero-order chi connectivity index (χ0) is 24.0. The number of nitrogens with zero attached hydrogens (tertiary/aromatic N) is 1. The van der Waals surface area contributed by atoms with Crippen molar-refractivity contribution in [2.45, 2.75) is 31.8 Å². The van der Waals surface area contributed by atoms with E-state index in [1.807, 2.05) is 0 Å². The van der Waals surface area contributed by atoms with Crippen LogP contribution in [0.1, 0.15) is 42.0 Å². The first-order chi connectivity index (χ1) is 17.2. The Morgan fingerprint density at radius 2 is 1.63 bits per heavy atom. The summed E-state index contributed by atoms with van der Waals surface area (Å²) in [6, 6.07) is 35.3. The monoisotopic (exact) mass is 464 g/mol. The molecule has 4 aromatic rings. The van der Waals surface area contributed by atoms with Crippen LogP contribution in [-0.2, 0) is 6.54 Å². The minimum atomic E-state index is 0.315. The van der Waals surface area contributed by atoms with Crippen molar-refractivity contribution >= 4 is 10.8 Å². The molecule has 1 fully saturated rings. The van der Waals surface area contributed by atoms with Crippen molar-refractivity contribution in [3.63, 3.8) is 0 Å². The van der Waals surface area contributed by atoms with E-state index in [1.54, 1.807) is 7.11 Å². The summed E-state index contributed by atoms with van der Waals surface area (Å²) in [5.74, 6) is 2.05. The summed E-state index contributed by atoms with van der Waals surface area (Å²) in [4.78, 5) is 2.62. The van der Waals surface area contributed by atoms with Crippen molar-refractivity contribution in [3.8, 4) is 5.75 Å². The first kappa shape index (κ1) is 23.6. The van der Waals surface area contributed by atoms with E-state index in [2.05, 4.69) is 114 Å². The molecule has 1 N–H and O–H groups in total. The molecule has 3 unspecified atom stereocenters. The molecule has 0 saturated carbocycles. The highest BCUT2D eigenvalue weighted by molar-refractivity contribution is 5.86. The topological polar surface area (TPSA) is 24.5 Å². The third kappa shape index (κ3) is 5.58. The largest absolute Gasteiger partial charge is 0.497 e. The van der Waals surface area contributed by atoms with Gasteiger partial charge in [-0.2, -0.15) is 0 Å². The fourth-order valence-corrected chi connectivity index (χ4v) is 5.59. The Bertz CT molecular complexity index is 1220. The Labute approximate surface area is 209 Å². The summed E-state index contributed by atoms with van der Waals surface area (Å²) in [7, 11) is 1.72. The first-order valence-corrected chi connectivity index (χ1v) is 12.8. The van der Waals surface area contributed by atoms with Gasteiger partial charge in [-0.25, -0.2) is 0 Å². The third-order valence-corrected chi connectivity index (χ3v) is 7.61. The van der Waals surface area contributed by atoms with Gasteiger partial charge in [0.15, 0.2) is 0 Å². The second-order valence-electron chi connectivity index (χ2n) is 9.85. The van der Waals surface area contributed by atoms with Gasteiger partial charge in [-0.3, -0.25) is 4.90 Å². The highest BCUT2D eigenvalue weighted by Crippen LogP contribution is 2.34. The molecule has 3 heteroatoms. The van der Waals surface area contributed by atoms with Crippen LogP contribution in [0.4, 0.5) is 0 Å². The number of benzene rings is 4. The zero-order valence-electron chi connectivity index (χ0n) is 20.9. The standard InChI is InChI=1S/C32H36N2O/c1-24(30-14-8-12-26-11-6-7-13-31(26)30)33-21-28-19-20-34(22-25-15-17-29(35-2)18-16-25)23-32(28)27-9-4-3-5-10-27/h3-18,24,28,32-33H,19-23H2,1-2H3. The molecule has 5 rings (SSSR count). The Morgan fingerprint density at radius 3 is 2.43 bits per heavy atom. The highest BCUT2D eigenvalue weighted by Gasteiger charge is 2.30. The summed E-state index contributed by atoms with van der Waals surface area (Å²) in [6.07, 6.45) is 1.20. The normalized spacial score (nSPS) is 19.5. The van der Waals surface area contributed by atoms with Crippen molar-refractivity contribution in [2.75, 3.05) is 26.7 Å². The predicted molar refractivity (Wildman–Crippen MR) is 146 cm³/mol. The Hall–Kier alpha value is -3.14. The number of piperidine rings is 1. The van der Waals surface area contributed by atoms with Crippen LogP contribution in [0.2, 0.25) is 0 Å². The van der Waals surface area contributed by atoms with Gasteiger partial charge < -0.3 is 10.1 Å². The smallest absolute Gasteiger partial charge is 0.118 e. The maximum absolute atomic E-state index is 5.33. The van der Waals surface area contributed by atoms with Gasteiger partial charge in [0.1, 0.15) is 5.75 Å². The van der Waals surface area contributed by atoms with E-state index < -0.39 is 0 Å². The summed E-state index contributed by atoms with van der Waals surface area (Å²) < 4.78 is 5.33. The third-order valence-electron chi connectivity index (χ3n) is 7.61. The van der Waals surface area contributed by atoms with E-state index in [0.29, 0.717) is 17.9 Å². The molecular weight excluding hydrogens is 428 g/mol. The molecule has 0 radical (unpaired) electrons. The molecule has 35 heavy (non-hydrogen) atoms. The van der Waals surface area contributed by atoms with Gasteiger partial charge in [0.25, 0.3) is 0 Å². The van der Waals surface area contributed by atoms with Crippen LogP contribution in [0.25, 0.3) is 10.8 Å². The van der Waals surface area contributed by atoms with Gasteiger partial charge in [0.2, 0.25) is 0 Å². The molecular formula is C32H36N2O. The molecule has 0 amide bonds. The van der Waals surface area contributed by atoms with E-state index in [1.165, 1.54) is 33.9 Å². The average Bonchev–Trinajstić information content (AvgIpc) is 2.92. The predicted octanol–water partition coefficient (Wildman–Crippen LogP) is 6.80. The van der Waals surface area contributed by atoms with Crippen molar-refractivity contribution in [1.29, 1.82) is 0 Å². The van der Waals surface area contributed by atoms with Crippen LogP contribution in [0.15, 0.2) is 97.1 Å². The molecule has 3 atom stereocenters.